The van der Waals surface area contributed by atoms with Crippen molar-refractivity contribution in [3.63, 3.8) is 0 Å². The summed E-state index contributed by atoms with van der Waals surface area (Å²) in [7, 11) is 0. The van der Waals surface area contributed by atoms with Crippen molar-refractivity contribution < 1.29 is 14.3 Å². The van der Waals surface area contributed by atoms with E-state index in [0.29, 0.717) is 23.5 Å². The Bertz CT molecular complexity index is 744. The molecule has 3 rings (SSSR count). The summed E-state index contributed by atoms with van der Waals surface area (Å²) in [5.74, 6) is 0.207. The molecule has 2 aromatic rings. The van der Waals surface area contributed by atoms with Crippen LogP contribution in [0.4, 0.5) is 5.69 Å². The molecule has 0 bridgehead atoms. The normalized spacial score (nSPS) is 15.9. The van der Waals surface area contributed by atoms with E-state index in [1.54, 1.807) is 25.1 Å². The lowest BCUT2D eigenvalue weighted by molar-refractivity contribution is -0.122. The standard InChI is InChI=1S/C19H20N2O3/c1-13-18(22)21-16-10-9-15(12-17(16)24-13)19(23)20-11-5-8-14-6-3-2-4-7-14/h2-4,6-7,9-10,12-13H,5,8,11H2,1H3,(H,20,23)(H,21,22). The summed E-state index contributed by atoms with van der Waals surface area (Å²) in [4.78, 5) is 23.8. The number of amides is 2. The zero-order valence-corrected chi connectivity index (χ0v) is 13.5. The van der Waals surface area contributed by atoms with E-state index in [1.165, 1.54) is 5.56 Å². The van der Waals surface area contributed by atoms with Crippen LogP contribution in [0.15, 0.2) is 48.5 Å². The third kappa shape index (κ3) is 3.74. The predicted molar refractivity (Wildman–Crippen MR) is 92.3 cm³/mol. The van der Waals surface area contributed by atoms with Gasteiger partial charge in [0, 0.05) is 12.1 Å². The molecule has 5 heteroatoms. The van der Waals surface area contributed by atoms with Gasteiger partial charge in [0.05, 0.1) is 5.69 Å². The van der Waals surface area contributed by atoms with Gasteiger partial charge in [0.25, 0.3) is 11.8 Å². The van der Waals surface area contributed by atoms with Crippen molar-refractivity contribution in [3.8, 4) is 5.75 Å². The fraction of sp³-hybridized carbons (Fsp3) is 0.263. The van der Waals surface area contributed by atoms with Crippen LogP contribution < -0.4 is 15.4 Å². The van der Waals surface area contributed by atoms with E-state index in [0.717, 1.165) is 12.8 Å². The quantitative estimate of drug-likeness (QED) is 0.831. The van der Waals surface area contributed by atoms with Crippen LogP contribution in [0.3, 0.4) is 0 Å². The number of carbonyl (C=O) groups is 2. The topological polar surface area (TPSA) is 67.4 Å². The minimum atomic E-state index is -0.554. The second-order valence-electron chi connectivity index (χ2n) is 5.81. The third-order valence-corrected chi connectivity index (χ3v) is 3.95. The first kappa shape index (κ1) is 16.1. The summed E-state index contributed by atoms with van der Waals surface area (Å²) in [5.41, 5.74) is 2.38. The largest absolute Gasteiger partial charge is 0.479 e. The highest BCUT2D eigenvalue weighted by atomic mass is 16.5. The third-order valence-electron chi connectivity index (χ3n) is 3.95. The van der Waals surface area contributed by atoms with Crippen molar-refractivity contribution in [3.05, 3.63) is 59.7 Å². The van der Waals surface area contributed by atoms with Crippen LogP contribution in [0.5, 0.6) is 5.75 Å². The molecule has 1 heterocycles. The molecule has 0 fully saturated rings. The van der Waals surface area contributed by atoms with E-state index >= 15 is 0 Å². The number of benzene rings is 2. The Morgan fingerprint density at radius 2 is 2.00 bits per heavy atom. The number of hydrogen-bond acceptors (Lipinski definition) is 3. The summed E-state index contributed by atoms with van der Waals surface area (Å²) in [6, 6.07) is 15.2. The zero-order chi connectivity index (χ0) is 16.9. The lowest BCUT2D eigenvalue weighted by Crippen LogP contribution is -2.34. The molecule has 2 aromatic carbocycles. The first-order valence-electron chi connectivity index (χ1n) is 8.07. The van der Waals surface area contributed by atoms with Gasteiger partial charge in [0.2, 0.25) is 0 Å². The van der Waals surface area contributed by atoms with Gasteiger partial charge in [-0.2, -0.15) is 0 Å². The average Bonchev–Trinajstić information content (AvgIpc) is 2.60. The second-order valence-corrected chi connectivity index (χ2v) is 5.81. The average molecular weight is 324 g/mol. The van der Waals surface area contributed by atoms with Gasteiger partial charge in [0.1, 0.15) is 5.75 Å². The first-order valence-corrected chi connectivity index (χ1v) is 8.07. The molecule has 0 aromatic heterocycles. The summed E-state index contributed by atoms with van der Waals surface area (Å²) in [6.45, 7) is 2.29. The highest BCUT2D eigenvalue weighted by molar-refractivity contribution is 6.00. The van der Waals surface area contributed by atoms with E-state index in [4.69, 9.17) is 4.74 Å². The number of anilines is 1. The van der Waals surface area contributed by atoms with Crippen LogP contribution in [-0.4, -0.2) is 24.5 Å². The Morgan fingerprint density at radius 3 is 2.79 bits per heavy atom. The van der Waals surface area contributed by atoms with Gasteiger partial charge in [-0.1, -0.05) is 30.3 Å². The molecule has 1 atom stereocenters. The molecule has 0 saturated heterocycles. The van der Waals surface area contributed by atoms with Gasteiger partial charge >= 0.3 is 0 Å². The molecule has 5 nitrogen and oxygen atoms in total. The number of hydrogen-bond donors (Lipinski definition) is 2. The van der Waals surface area contributed by atoms with E-state index in [9.17, 15) is 9.59 Å². The van der Waals surface area contributed by atoms with Crippen molar-refractivity contribution in [2.75, 3.05) is 11.9 Å². The Balaban J connectivity index is 1.54. The van der Waals surface area contributed by atoms with E-state index in [-0.39, 0.29) is 11.8 Å². The SMILES string of the molecule is CC1Oc2cc(C(=O)NCCCc3ccccc3)ccc2NC1=O. The van der Waals surface area contributed by atoms with Crippen molar-refractivity contribution in [2.45, 2.75) is 25.9 Å². The second kappa shape index (κ2) is 7.17. The molecular weight excluding hydrogens is 304 g/mol. The van der Waals surface area contributed by atoms with Crippen LogP contribution in [0.2, 0.25) is 0 Å². The lowest BCUT2D eigenvalue weighted by Gasteiger charge is -2.23. The van der Waals surface area contributed by atoms with Gasteiger partial charge in [-0.05, 0) is 43.5 Å². The van der Waals surface area contributed by atoms with Crippen molar-refractivity contribution in [1.29, 1.82) is 0 Å². The van der Waals surface area contributed by atoms with Crippen molar-refractivity contribution in [1.82, 2.24) is 5.32 Å². The molecule has 1 aliphatic rings. The molecule has 124 valence electrons. The summed E-state index contributed by atoms with van der Waals surface area (Å²) in [6.07, 6.45) is 1.25. The minimum Gasteiger partial charge on any atom is -0.479 e. The van der Waals surface area contributed by atoms with Crippen LogP contribution >= 0.6 is 0 Å². The zero-order valence-electron chi connectivity index (χ0n) is 13.5. The highest BCUT2D eigenvalue weighted by Gasteiger charge is 2.24. The molecule has 2 amide bonds. The van der Waals surface area contributed by atoms with Gasteiger partial charge in [-0.3, -0.25) is 9.59 Å². The maximum absolute atomic E-state index is 12.2. The number of fused-ring (bicyclic) bond motifs is 1. The van der Waals surface area contributed by atoms with E-state index in [2.05, 4.69) is 22.8 Å². The Labute approximate surface area is 141 Å². The number of aryl methyl sites for hydroxylation is 1. The van der Waals surface area contributed by atoms with Crippen LogP contribution in [-0.2, 0) is 11.2 Å². The van der Waals surface area contributed by atoms with Crippen molar-refractivity contribution in [2.24, 2.45) is 0 Å². The van der Waals surface area contributed by atoms with Crippen LogP contribution in [0.25, 0.3) is 0 Å². The van der Waals surface area contributed by atoms with Crippen LogP contribution in [0, 0.1) is 0 Å². The first-order chi connectivity index (χ1) is 11.6. The maximum atomic E-state index is 12.2. The fourth-order valence-corrected chi connectivity index (χ4v) is 2.58. The summed E-state index contributed by atoms with van der Waals surface area (Å²) >= 11 is 0. The van der Waals surface area contributed by atoms with Gasteiger partial charge in [-0.15, -0.1) is 0 Å². The predicted octanol–water partition coefficient (Wildman–Crippen LogP) is 2.77. The Hall–Kier alpha value is -2.82. The summed E-state index contributed by atoms with van der Waals surface area (Å²) in [5, 5.41) is 5.66. The monoisotopic (exact) mass is 324 g/mol. The van der Waals surface area contributed by atoms with E-state index in [1.807, 2.05) is 18.2 Å². The number of rotatable bonds is 5. The fourth-order valence-electron chi connectivity index (χ4n) is 2.58. The molecule has 0 radical (unpaired) electrons. The minimum absolute atomic E-state index is 0.140. The molecule has 0 saturated carbocycles. The van der Waals surface area contributed by atoms with Crippen molar-refractivity contribution >= 4 is 17.5 Å². The smallest absolute Gasteiger partial charge is 0.265 e. The molecule has 0 aliphatic carbocycles. The molecule has 0 spiro atoms. The molecule has 1 aliphatic heterocycles. The molecular formula is C19H20N2O3. The van der Waals surface area contributed by atoms with E-state index < -0.39 is 6.10 Å². The molecule has 24 heavy (non-hydrogen) atoms. The molecule has 1 unspecified atom stereocenters. The highest BCUT2D eigenvalue weighted by Crippen LogP contribution is 2.30. The van der Waals surface area contributed by atoms with Gasteiger partial charge < -0.3 is 15.4 Å². The lowest BCUT2D eigenvalue weighted by atomic mass is 10.1. The maximum Gasteiger partial charge on any atom is 0.265 e. The number of nitrogens with one attached hydrogen (secondary N) is 2. The van der Waals surface area contributed by atoms with Gasteiger partial charge in [0.15, 0.2) is 6.10 Å². The number of ether oxygens (including phenoxy) is 1. The Morgan fingerprint density at radius 1 is 1.21 bits per heavy atom. The molecule has 2 N–H and O–H groups in total. The summed E-state index contributed by atoms with van der Waals surface area (Å²) < 4.78 is 5.53. The Kier molecular flexibility index (Phi) is 4.79. The van der Waals surface area contributed by atoms with Gasteiger partial charge in [-0.25, -0.2) is 0 Å². The number of carbonyl (C=O) groups excluding carboxylic acids is 2. The van der Waals surface area contributed by atoms with Crippen LogP contribution in [0.1, 0.15) is 29.3 Å².